The Labute approximate surface area is 113 Å². The molecule has 2 aliphatic rings. The molecule has 0 radical (unpaired) electrons. The third-order valence-corrected chi connectivity index (χ3v) is 3.92. The number of nitrogens with zero attached hydrogens (tertiary/aromatic N) is 4. The number of hydrogen-bond donors (Lipinski definition) is 1. The monoisotopic (exact) mass is 263 g/mol. The van der Waals surface area contributed by atoms with E-state index in [2.05, 4.69) is 19.8 Å². The largest absolute Gasteiger partial charge is 0.379 e. The zero-order valence-electron chi connectivity index (χ0n) is 11.2. The second kappa shape index (κ2) is 5.81. The van der Waals surface area contributed by atoms with E-state index in [1.165, 1.54) is 6.42 Å². The molecule has 104 valence electrons. The fraction of sp³-hybridized carbons (Fsp3) is 0.692. The quantitative estimate of drug-likeness (QED) is 0.818. The third-order valence-electron chi connectivity index (χ3n) is 3.92. The summed E-state index contributed by atoms with van der Waals surface area (Å²) < 4.78 is 5.41. The second-order valence-corrected chi connectivity index (χ2v) is 5.09. The summed E-state index contributed by atoms with van der Waals surface area (Å²) in [4.78, 5) is 13.7. The Morgan fingerprint density at radius 2 is 2.16 bits per heavy atom. The topological polar surface area (TPSA) is 67.5 Å². The second-order valence-electron chi connectivity index (χ2n) is 5.09. The van der Waals surface area contributed by atoms with Crippen molar-refractivity contribution in [1.29, 1.82) is 0 Å². The van der Waals surface area contributed by atoms with Gasteiger partial charge in [0.2, 0.25) is 5.95 Å². The van der Waals surface area contributed by atoms with Crippen LogP contribution in [0.2, 0.25) is 0 Å². The first-order valence-corrected chi connectivity index (χ1v) is 6.95. The van der Waals surface area contributed by atoms with Crippen LogP contribution in [-0.2, 0) is 11.3 Å². The van der Waals surface area contributed by atoms with E-state index >= 15 is 0 Å². The van der Waals surface area contributed by atoms with Crippen LogP contribution in [0.3, 0.4) is 0 Å². The average Bonchev–Trinajstić information content (AvgIpc) is 2.98. The van der Waals surface area contributed by atoms with Gasteiger partial charge >= 0.3 is 0 Å². The van der Waals surface area contributed by atoms with Crippen LogP contribution in [-0.4, -0.2) is 60.3 Å². The van der Waals surface area contributed by atoms with Gasteiger partial charge in [-0.25, -0.2) is 9.97 Å². The fourth-order valence-corrected chi connectivity index (χ4v) is 2.81. The molecule has 2 saturated heterocycles. The van der Waals surface area contributed by atoms with Crippen molar-refractivity contribution in [3.63, 3.8) is 0 Å². The lowest BCUT2D eigenvalue weighted by Gasteiger charge is -2.32. The summed E-state index contributed by atoms with van der Waals surface area (Å²) in [5.74, 6) is 0.818. The number of anilines is 1. The van der Waals surface area contributed by atoms with E-state index in [0.717, 1.165) is 51.0 Å². The highest BCUT2D eigenvalue weighted by molar-refractivity contribution is 5.32. The molecule has 0 aromatic carbocycles. The summed E-state index contributed by atoms with van der Waals surface area (Å²) in [6.45, 7) is 6.30. The SMILES string of the molecule is NCc1ccnc(N2CCC(N3CCOCC3)C2)n1. The van der Waals surface area contributed by atoms with Gasteiger partial charge in [0.1, 0.15) is 0 Å². The molecule has 0 amide bonds. The number of nitrogens with two attached hydrogens (primary N) is 1. The smallest absolute Gasteiger partial charge is 0.225 e. The summed E-state index contributed by atoms with van der Waals surface area (Å²) >= 11 is 0. The Morgan fingerprint density at radius 1 is 1.32 bits per heavy atom. The van der Waals surface area contributed by atoms with Crippen LogP contribution >= 0.6 is 0 Å². The molecule has 0 spiro atoms. The highest BCUT2D eigenvalue weighted by Crippen LogP contribution is 2.20. The Hall–Kier alpha value is -1.24. The molecule has 0 saturated carbocycles. The molecule has 2 N–H and O–H groups in total. The van der Waals surface area contributed by atoms with Crippen molar-refractivity contribution in [2.75, 3.05) is 44.3 Å². The highest BCUT2D eigenvalue weighted by Gasteiger charge is 2.29. The van der Waals surface area contributed by atoms with Crippen LogP contribution in [0.1, 0.15) is 12.1 Å². The van der Waals surface area contributed by atoms with Gasteiger partial charge in [-0.05, 0) is 12.5 Å². The van der Waals surface area contributed by atoms with Crippen molar-refractivity contribution >= 4 is 5.95 Å². The maximum absolute atomic E-state index is 5.63. The van der Waals surface area contributed by atoms with Gasteiger partial charge in [-0.3, -0.25) is 4.90 Å². The van der Waals surface area contributed by atoms with Gasteiger partial charge in [0.05, 0.1) is 18.9 Å². The molecule has 2 fully saturated rings. The van der Waals surface area contributed by atoms with Gasteiger partial charge in [0.15, 0.2) is 0 Å². The lowest BCUT2D eigenvalue weighted by Crippen LogP contribution is -2.44. The maximum Gasteiger partial charge on any atom is 0.225 e. The Morgan fingerprint density at radius 3 is 2.95 bits per heavy atom. The van der Waals surface area contributed by atoms with E-state index in [1.807, 2.05) is 6.07 Å². The van der Waals surface area contributed by atoms with Crippen LogP contribution in [0.15, 0.2) is 12.3 Å². The minimum Gasteiger partial charge on any atom is -0.379 e. The van der Waals surface area contributed by atoms with E-state index in [1.54, 1.807) is 6.20 Å². The summed E-state index contributed by atoms with van der Waals surface area (Å²) in [7, 11) is 0. The predicted octanol–water partition coefficient (Wildman–Crippen LogP) is -0.154. The van der Waals surface area contributed by atoms with Gasteiger partial charge < -0.3 is 15.4 Å². The van der Waals surface area contributed by atoms with Crippen molar-refractivity contribution in [2.24, 2.45) is 5.73 Å². The third kappa shape index (κ3) is 2.86. The first-order chi connectivity index (χ1) is 9.36. The van der Waals surface area contributed by atoms with E-state index in [-0.39, 0.29) is 0 Å². The van der Waals surface area contributed by atoms with E-state index in [4.69, 9.17) is 10.5 Å². The zero-order chi connectivity index (χ0) is 13.1. The lowest BCUT2D eigenvalue weighted by molar-refractivity contribution is 0.0209. The van der Waals surface area contributed by atoms with Crippen LogP contribution in [0, 0.1) is 0 Å². The number of morpholine rings is 1. The molecule has 3 rings (SSSR count). The van der Waals surface area contributed by atoms with Crippen LogP contribution in [0.25, 0.3) is 0 Å². The molecular formula is C13H21N5O. The van der Waals surface area contributed by atoms with E-state index < -0.39 is 0 Å². The molecule has 6 heteroatoms. The number of ether oxygens (including phenoxy) is 1. The molecule has 6 nitrogen and oxygen atoms in total. The first-order valence-electron chi connectivity index (χ1n) is 6.95. The Balaban J connectivity index is 1.64. The summed E-state index contributed by atoms with van der Waals surface area (Å²) in [6, 6.07) is 2.48. The zero-order valence-corrected chi connectivity index (χ0v) is 11.2. The highest BCUT2D eigenvalue weighted by atomic mass is 16.5. The lowest BCUT2D eigenvalue weighted by atomic mass is 10.2. The van der Waals surface area contributed by atoms with Crippen molar-refractivity contribution in [3.05, 3.63) is 18.0 Å². The molecule has 1 aromatic heterocycles. The van der Waals surface area contributed by atoms with Gasteiger partial charge in [-0.2, -0.15) is 0 Å². The minimum atomic E-state index is 0.469. The summed E-state index contributed by atoms with van der Waals surface area (Å²) in [6.07, 6.45) is 2.98. The van der Waals surface area contributed by atoms with Crippen molar-refractivity contribution in [1.82, 2.24) is 14.9 Å². The van der Waals surface area contributed by atoms with Crippen molar-refractivity contribution in [2.45, 2.75) is 19.0 Å². The van der Waals surface area contributed by atoms with Crippen molar-refractivity contribution in [3.8, 4) is 0 Å². The van der Waals surface area contributed by atoms with E-state index in [0.29, 0.717) is 12.6 Å². The molecule has 2 aliphatic heterocycles. The molecule has 19 heavy (non-hydrogen) atoms. The van der Waals surface area contributed by atoms with Crippen LogP contribution in [0.5, 0.6) is 0 Å². The number of aromatic nitrogens is 2. The van der Waals surface area contributed by atoms with Gasteiger partial charge in [-0.1, -0.05) is 0 Å². The van der Waals surface area contributed by atoms with Gasteiger partial charge in [-0.15, -0.1) is 0 Å². The summed E-state index contributed by atoms with van der Waals surface area (Å²) in [5.41, 5.74) is 6.53. The Kier molecular flexibility index (Phi) is 3.91. The summed E-state index contributed by atoms with van der Waals surface area (Å²) in [5, 5.41) is 0. The molecule has 0 aliphatic carbocycles. The van der Waals surface area contributed by atoms with Gasteiger partial charge in [0, 0.05) is 45.0 Å². The predicted molar refractivity (Wildman–Crippen MR) is 72.9 cm³/mol. The molecule has 0 bridgehead atoms. The normalized spacial score (nSPS) is 24.9. The van der Waals surface area contributed by atoms with Gasteiger partial charge in [0.25, 0.3) is 0 Å². The fourth-order valence-electron chi connectivity index (χ4n) is 2.81. The average molecular weight is 263 g/mol. The number of hydrogen-bond acceptors (Lipinski definition) is 6. The maximum atomic E-state index is 5.63. The molecule has 1 aromatic rings. The van der Waals surface area contributed by atoms with Crippen LogP contribution < -0.4 is 10.6 Å². The van der Waals surface area contributed by atoms with Crippen molar-refractivity contribution < 1.29 is 4.74 Å². The Bertz CT molecular complexity index is 421. The van der Waals surface area contributed by atoms with E-state index in [9.17, 15) is 0 Å². The minimum absolute atomic E-state index is 0.469. The first kappa shape index (κ1) is 12.8. The molecular weight excluding hydrogens is 242 g/mol. The standard InChI is InChI=1S/C13H21N5O/c14-9-11-1-3-15-13(16-11)18-4-2-12(10-18)17-5-7-19-8-6-17/h1,3,12H,2,4-10,14H2. The molecule has 1 atom stereocenters. The molecule has 3 heterocycles. The molecule has 1 unspecified atom stereocenters. The number of rotatable bonds is 3. The van der Waals surface area contributed by atoms with Crippen LogP contribution in [0.4, 0.5) is 5.95 Å².